The largest absolute Gasteiger partial charge is 0.352 e. The Labute approximate surface area is 192 Å². The third-order valence-electron chi connectivity index (χ3n) is 5.60. The fraction of sp³-hybridized carbons (Fsp3) is 0.292. The summed E-state index contributed by atoms with van der Waals surface area (Å²) in [6.45, 7) is 4.65. The second-order valence-electron chi connectivity index (χ2n) is 8.08. The van der Waals surface area contributed by atoms with Gasteiger partial charge in [-0.25, -0.2) is 4.39 Å². The van der Waals surface area contributed by atoms with Gasteiger partial charge < -0.3 is 20.1 Å². The minimum atomic E-state index is -0.456. The Morgan fingerprint density at radius 1 is 1.22 bits per heavy atom. The molecule has 1 aromatic carbocycles. The van der Waals surface area contributed by atoms with E-state index in [-0.39, 0.29) is 30.1 Å². The minimum Gasteiger partial charge on any atom is -0.352 e. The highest BCUT2D eigenvalue weighted by atomic mass is 32.1. The predicted molar refractivity (Wildman–Crippen MR) is 127 cm³/mol. The van der Waals surface area contributed by atoms with Crippen LogP contribution in [0.3, 0.4) is 0 Å². The van der Waals surface area contributed by atoms with Crippen molar-refractivity contribution >= 4 is 28.9 Å². The van der Waals surface area contributed by atoms with Crippen LogP contribution < -0.4 is 10.6 Å². The second kappa shape index (κ2) is 9.48. The van der Waals surface area contributed by atoms with Crippen LogP contribution in [0.15, 0.2) is 67.1 Å². The van der Waals surface area contributed by atoms with E-state index in [1.54, 1.807) is 24.4 Å². The van der Waals surface area contributed by atoms with Crippen LogP contribution in [0.2, 0.25) is 0 Å². The highest BCUT2D eigenvalue weighted by molar-refractivity contribution is 7.80. The molecule has 32 heavy (non-hydrogen) atoms. The summed E-state index contributed by atoms with van der Waals surface area (Å²) in [6, 6.07) is 14.1. The highest BCUT2D eigenvalue weighted by Gasteiger charge is 2.40. The summed E-state index contributed by atoms with van der Waals surface area (Å²) >= 11 is 5.64. The van der Waals surface area contributed by atoms with E-state index in [1.165, 1.54) is 6.07 Å². The highest BCUT2D eigenvalue weighted by Crippen LogP contribution is 2.39. The first-order valence-corrected chi connectivity index (χ1v) is 11.0. The summed E-state index contributed by atoms with van der Waals surface area (Å²) in [5.41, 5.74) is 2.16. The molecule has 2 atom stereocenters. The Hall–Kier alpha value is -3.26. The number of anilines is 1. The van der Waals surface area contributed by atoms with Crippen LogP contribution in [0.25, 0.3) is 0 Å². The Morgan fingerprint density at radius 3 is 2.69 bits per heavy atom. The smallest absolute Gasteiger partial charge is 0.226 e. The number of nitrogens with zero attached hydrogens (tertiary/aromatic N) is 3. The molecule has 166 valence electrons. The maximum Gasteiger partial charge on any atom is 0.226 e. The Kier molecular flexibility index (Phi) is 6.50. The number of pyridine rings is 1. The van der Waals surface area contributed by atoms with E-state index in [4.69, 9.17) is 12.2 Å². The molecule has 8 heteroatoms. The predicted octanol–water partition coefficient (Wildman–Crippen LogP) is 4.60. The third-order valence-corrected chi connectivity index (χ3v) is 5.95. The quantitative estimate of drug-likeness (QED) is 0.514. The van der Waals surface area contributed by atoms with Crippen LogP contribution >= 0.6 is 12.2 Å². The zero-order chi connectivity index (χ0) is 22.7. The van der Waals surface area contributed by atoms with Crippen molar-refractivity contribution in [3.63, 3.8) is 0 Å². The van der Waals surface area contributed by atoms with Gasteiger partial charge in [0.25, 0.3) is 0 Å². The number of hydrogen-bond acceptors (Lipinski definition) is 3. The van der Waals surface area contributed by atoms with Crippen molar-refractivity contribution in [3.05, 3.63) is 84.2 Å². The van der Waals surface area contributed by atoms with Crippen molar-refractivity contribution < 1.29 is 9.18 Å². The number of benzene rings is 1. The van der Waals surface area contributed by atoms with Gasteiger partial charge in [-0.05, 0) is 62.0 Å². The summed E-state index contributed by atoms with van der Waals surface area (Å²) in [4.78, 5) is 19.1. The first-order valence-electron chi connectivity index (χ1n) is 10.6. The van der Waals surface area contributed by atoms with E-state index in [1.807, 2.05) is 23.1 Å². The number of halogens is 1. The lowest BCUT2D eigenvalue weighted by molar-refractivity contribution is -0.116. The lowest BCUT2D eigenvalue weighted by atomic mass is 9.99. The number of amides is 1. The van der Waals surface area contributed by atoms with Crippen LogP contribution in [-0.2, 0) is 4.79 Å². The molecule has 4 rings (SSSR count). The number of carbonyl (C=O) groups excluding carboxylic acids is 1. The molecule has 1 saturated heterocycles. The van der Waals surface area contributed by atoms with E-state index < -0.39 is 5.82 Å². The number of rotatable bonds is 7. The third kappa shape index (κ3) is 4.65. The summed E-state index contributed by atoms with van der Waals surface area (Å²) in [5, 5.41) is 6.60. The van der Waals surface area contributed by atoms with E-state index in [0.29, 0.717) is 17.7 Å². The number of aromatic nitrogens is 2. The maximum atomic E-state index is 13.9. The number of carbonyl (C=O) groups is 1. The summed E-state index contributed by atoms with van der Waals surface area (Å²) in [7, 11) is 0. The molecule has 0 unspecified atom stereocenters. The average molecular weight is 452 g/mol. The van der Waals surface area contributed by atoms with Crippen LogP contribution in [-0.4, -0.2) is 32.0 Å². The average Bonchev–Trinajstić information content (AvgIpc) is 3.39. The van der Waals surface area contributed by atoms with Gasteiger partial charge in [0.05, 0.1) is 23.5 Å². The lowest BCUT2D eigenvalue weighted by Crippen LogP contribution is -2.32. The summed E-state index contributed by atoms with van der Waals surface area (Å²) in [5.74, 6) is -0.722. The molecule has 1 aliphatic rings. The molecule has 1 aliphatic heterocycles. The molecule has 3 heterocycles. The molecule has 0 saturated carbocycles. The molecule has 1 fully saturated rings. The van der Waals surface area contributed by atoms with Gasteiger partial charge in [-0.1, -0.05) is 18.2 Å². The first kappa shape index (κ1) is 22.0. The molecule has 0 radical (unpaired) electrons. The van der Waals surface area contributed by atoms with Gasteiger partial charge in [0, 0.05) is 37.6 Å². The molecule has 1 amide bonds. The van der Waals surface area contributed by atoms with Crippen molar-refractivity contribution in [2.75, 3.05) is 11.9 Å². The van der Waals surface area contributed by atoms with Gasteiger partial charge in [0.2, 0.25) is 5.91 Å². The number of thiocarbonyl (C=S) groups is 1. The lowest BCUT2D eigenvalue weighted by Gasteiger charge is -2.27. The van der Waals surface area contributed by atoms with E-state index in [9.17, 15) is 9.18 Å². The van der Waals surface area contributed by atoms with E-state index in [0.717, 1.165) is 11.3 Å². The fourth-order valence-electron chi connectivity index (χ4n) is 3.93. The van der Waals surface area contributed by atoms with Gasteiger partial charge in [-0.2, -0.15) is 0 Å². The molecule has 0 spiro atoms. The fourth-order valence-corrected chi connectivity index (χ4v) is 4.27. The molecule has 6 nitrogen and oxygen atoms in total. The van der Waals surface area contributed by atoms with Crippen LogP contribution in [0, 0.1) is 5.82 Å². The molecule has 0 bridgehead atoms. The monoisotopic (exact) mass is 451 g/mol. The van der Waals surface area contributed by atoms with Gasteiger partial charge in [-0.3, -0.25) is 9.78 Å². The standard InChI is InChI=1S/C24H26FN5OS/c1-16(2)29-13-10-17(15-29)23-22(20-9-5-6-12-26-20)28-24(32)30(23)14-11-21(31)27-19-8-4-3-7-18(19)25/h3-10,12-13,15-16,22-23H,11,14H2,1-2H3,(H,27,31)(H,28,32)/t22-,23+/m0/s1. The SMILES string of the molecule is CC(C)n1ccc([C@@H]2[C@H](c3ccccn3)NC(=S)N2CCC(=O)Nc2ccccc2F)c1. The molecule has 3 aromatic rings. The Morgan fingerprint density at radius 2 is 2.00 bits per heavy atom. The summed E-state index contributed by atoms with van der Waals surface area (Å²) < 4.78 is 16.0. The van der Waals surface area contributed by atoms with Crippen molar-refractivity contribution in [1.29, 1.82) is 0 Å². The minimum absolute atomic E-state index is 0.112. The van der Waals surface area contributed by atoms with Gasteiger partial charge in [0.15, 0.2) is 5.11 Å². The number of nitrogens with one attached hydrogen (secondary N) is 2. The molecule has 0 aliphatic carbocycles. The Bertz CT molecular complexity index is 1100. The maximum absolute atomic E-state index is 13.9. The van der Waals surface area contributed by atoms with Crippen LogP contribution in [0.5, 0.6) is 0 Å². The van der Waals surface area contributed by atoms with Crippen LogP contribution in [0.4, 0.5) is 10.1 Å². The van der Waals surface area contributed by atoms with Gasteiger partial charge >= 0.3 is 0 Å². The van der Waals surface area contributed by atoms with Crippen molar-refractivity contribution in [3.8, 4) is 0 Å². The zero-order valence-corrected chi connectivity index (χ0v) is 18.8. The van der Waals surface area contributed by atoms with Gasteiger partial charge in [0.1, 0.15) is 5.82 Å². The van der Waals surface area contributed by atoms with Gasteiger partial charge in [-0.15, -0.1) is 0 Å². The number of hydrogen-bond donors (Lipinski definition) is 2. The van der Waals surface area contributed by atoms with Crippen molar-refractivity contribution in [2.45, 2.75) is 38.4 Å². The summed E-state index contributed by atoms with van der Waals surface area (Å²) in [6.07, 6.45) is 6.11. The number of para-hydroxylation sites is 1. The molecule has 2 N–H and O–H groups in total. The molecular weight excluding hydrogens is 425 g/mol. The molecular formula is C24H26FN5OS. The normalized spacial score (nSPS) is 18.1. The van der Waals surface area contributed by atoms with Crippen molar-refractivity contribution in [2.24, 2.45) is 0 Å². The van der Waals surface area contributed by atoms with E-state index >= 15 is 0 Å². The molecule has 2 aromatic heterocycles. The Balaban J connectivity index is 1.55. The van der Waals surface area contributed by atoms with Crippen molar-refractivity contribution in [1.82, 2.24) is 19.8 Å². The topological polar surface area (TPSA) is 62.2 Å². The second-order valence-corrected chi connectivity index (χ2v) is 8.47. The van der Waals surface area contributed by atoms with Crippen LogP contribution in [0.1, 0.15) is 49.7 Å². The zero-order valence-electron chi connectivity index (χ0n) is 18.0. The van der Waals surface area contributed by atoms with E-state index in [2.05, 4.69) is 52.5 Å². The first-order chi connectivity index (χ1) is 15.4.